The Morgan fingerprint density at radius 1 is 1.33 bits per heavy atom. The topological polar surface area (TPSA) is 86.0 Å². The Morgan fingerprint density at radius 3 is 2.78 bits per heavy atom. The molecule has 18 heavy (non-hydrogen) atoms. The van der Waals surface area contributed by atoms with Crippen LogP contribution in [0.5, 0.6) is 6.01 Å². The molecule has 0 bridgehead atoms. The first kappa shape index (κ1) is 12.9. The molecule has 0 aliphatic heterocycles. The quantitative estimate of drug-likeness (QED) is 0.719. The van der Waals surface area contributed by atoms with E-state index >= 15 is 0 Å². The summed E-state index contributed by atoms with van der Waals surface area (Å²) in [5, 5.41) is 3.16. The molecule has 1 aliphatic carbocycles. The van der Waals surface area contributed by atoms with E-state index in [2.05, 4.69) is 20.3 Å². The molecule has 0 saturated heterocycles. The van der Waals surface area contributed by atoms with Gasteiger partial charge < -0.3 is 15.8 Å². The van der Waals surface area contributed by atoms with Crippen molar-refractivity contribution in [3.8, 4) is 6.01 Å². The van der Waals surface area contributed by atoms with Crippen LogP contribution in [-0.2, 0) is 0 Å². The van der Waals surface area contributed by atoms with Crippen molar-refractivity contribution in [2.45, 2.75) is 45.6 Å². The summed E-state index contributed by atoms with van der Waals surface area (Å²) in [4.78, 5) is 12.1. The van der Waals surface area contributed by atoms with E-state index in [0.29, 0.717) is 5.95 Å². The summed E-state index contributed by atoms with van der Waals surface area (Å²) in [7, 11) is 0. The molecule has 0 unspecified atom stereocenters. The van der Waals surface area contributed by atoms with Crippen LogP contribution in [0.1, 0.15) is 39.5 Å². The van der Waals surface area contributed by atoms with E-state index in [-0.39, 0.29) is 18.1 Å². The van der Waals surface area contributed by atoms with Gasteiger partial charge in [-0.3, -0.25) is 0 Å². The van der Waals surface area contributed by atoms with E-state index in [9.17, 15) is 0 Å². The van der Waals surface area contributed by atoms with Crippen LogP contribution in [-0.4, -0.2) is 27.6 Å². The Morgan fingerprint density at radius 2 is 2.11 bits per heavy atom. The van der Waals surface area contributed by atoms with E-state index in [0.717, 1.165) is 18.9 Å². The van der Waals surface area contributed by atoms with Crippen LogP contribution in [0.2, 0.25) is 0 Å². The van der Waals surface area contributed by atoms with Gasteiger partial charge in [0.25, 0.3) is 0 Å². The SMILES string of the molecule is CC(C)Oc1nc(N)nc(NCCCC2CC2)n1. The van der Waals surface area contributed by atoms with Gasteiger partial charge in [-0.2, -0.15) is 15.0 Å². The molecule has 0 aromatic carbocycles. The Hall–Kier alpha value is -1.59. The molecule has 1 fully saturated rings. The Bertz CT molecular complexity index is 392. The van der Waals surface area contributed by atoms with Crippen LogP contribution in [0.25, 0.3) is 0 Å². The minimum atomic E-state index is 0.0227. The molecule has 1 aromatic rings. The number of hydrogen-bond donors (Lipinski definition) is 2. The predicted molar refractivity (Wildman–Crippen MR) is 70.5 cm³/mol. The fourth-order valence-corrected chi connectivity index (χ4v) is 1.71. The van der Waals surface area contributed by atoms with Crippen LogP contribution in [0.4, 0.5) is 11.9 Å². The van der Waals surface area contributed by atoms with Crippen molar-refractivity contribution in [1.29, 1.82) is 0 Å². The lowest BCUT2D eigenvalue weighted by molar-refractivity contribution is 0.222. The second-order valence-corrected chi connectivity index (χ2v) is 4.98. The molecule has 3 N–H and O–H groups in total. The molecular formula is C12H21N5O. The average molecular weight is 251 g/mol. The monoisotopic (exact) mass is 251 g/mol. The molecule has 6 heteroatoms. The van der Waals surface area contributed by atoms with Gasteiger partial charge in [0.05, 0.1) is 6.10 Å². The highest BCUT2D eigenvalue weighted by Crippen LogP contribution is 2.33. The smallest absolute Gasteiger partial charge is 0.323 e. The summed E-state index contributed by atoms with van der Waals surface area (Å²) in [6.45, 7) is 4.70. The first-order valence-electron chi connectivity index (χ1n) is 6.55. The van der Waals surface area contributed by atoms with E-state index in [1.54, 1.807) is 0 Å². The van der Waals surface area contributed by atoms with Gasteiger partial charge in [0.2, 0.25) is 11.9 Å². The lowest BCUT2D eigenvalue weighted by Crippen LogP contribution is -2.13. The van der Waals surface area contributed by atoms with Crippen molar-refractivity contribution in [3.63, 3.8) is 0 Å². The summed E-state index contributed by atoms with van der Waals surface area (Å²) in [5.74, 6) is 1.63. The fourth-order valence-electron chi connectivity index (χ4n) is 1.71. The minimum absolute atomic E-state index is 0.0227. The summed E-state index contributed by atoms with van der Waals surface area (Å²) >= 11 is 0. The van der Waals surface area contributed by atoms with E-state index < -0.39 is 0 Å². The second-order valence-electron chi connectivity index (χ2n) is 4.98. The number of hydrogen-bond acceptors (Lipinski definition) is 6. The number of nitrogens with zero attached hydrogens (tertiary/aromatic N) is 3. The van der Waals surface area contributed by atoms with Crippen LogP contribution in [0, 0.1) is 5.92 Å². The van der Waals surface area contributed by atoms with Gasteiger partial charge in [-0.15, -0.1) is 0 Å². The van der Waals surface area contributed by atoms with Crippen molar-refractivity contribution < 1.29 is 4.74 Å². The van der Waals surface area contributed by atoms with E-state index in [4.69, 9.17) is 10.5 Å². The first-order chi connectivity index (χ1) is 8.63. The van der Waals surface area contributed by atoms with Gasteiger partial charge in [0.15, 0.2) is 0 Å². The van der Waals surface area contributed by atoms with Gasteiger partial charge >= 0.3 is 6.01 Å². The zero-order valence-electron chi connectivity index (χ0n) is 11.0. The molecule has 0 amide bonds. The third-order valence-electron chi connectivity index (χ3n) is 2.74. The number of anilines is 2. The van der Waals surface area contributed by atoms with Crippen LogP contribution < -0.4 is 15.8 Å². The maximum atomic E-state index is 5.62. The standard InChI is InChI=1S/C12H21N5O/c1-8(2)18-12-16-10(13)15-11(17-12)14-7-3-4-9-5-6-9/h8-9H,3-7H2,1-2H3,(H3,13,14,15,16,17). The van der Waals surface area contributed by atoms with Gasteiger partial charge in [-0.25, -0.2) is 0 Å². The summed E-state index contributed by atoms with van der Waals surface area (Å²) < 4.78 is 5.41. The molecule has 1 saturated carbocycles. The van der Waals surface area contributed by atoms with Gasteiger partial charge in [0, 0.05) is 6.54 Å². The number of nitrogens with one attached hydrogen (secondary N) is 1. The zero-order valence-corrected chi connectivity index (χ0v) is 11.0. The van der Waals surface area contributed by atoms with Crippen LogP contribution >= 0.6 is 0 Å². The molecule has 0 atom stereocenters. The van der Waals surface area contributed by atoms with Crippen molar-refractivity contribution in [3.05, 3.63) is 0 Å². The second kappa shape index (κ2) is 5.84. The normalized spacial score (nSPS) is 14.8. The number of rotatable bonds is 7. The summed E-state index contributed by atoms with van der Waals surface area (Å²) in [6.07, 6.45) is 5.23. The van der Waals surface area contributed by atoms with Crippen molar-refractivity contribution in [1.82, 2.24) is 15.0 Å². The minimum Gasteiger partial charge on any atom is -0.461 e. The van der Waals surface area contributed by atoms with Gasteiger partial charge in [-0.05, 0) is 32.6 Å². The van der Waals surface area contributed by atoms with Crippen molar-refractivity contribution >= 4 is 11.9 Å². The fraction of sp³-hybridized carbons (Fsp3) is 0.750. The largest absolute Gasteiger partial charge is 0.461 e. The molecule has 1 aliphatic rings. The highest BCUT2D eigenvalue weighted by molar-refractivity contribution is 5.32. The lowest BCUT2D eigenvalue weighted by atomic mass is 10.2. The molecule has 1 aromatic heterocycles. The van der Waals surface area contributed by atoms with Gasteiger partial charge in [0.1, 0.15) is 0 Å². The van der Waals surface area contributed by atoms with E-state index in [1.807, 2.05) is 13.8 Å². The van der Waals surface area contributed by atoms with Crippen molar-refractivity contribution in [2.75, 3.05) is 17.6 Å². The third-order valence-corrected chi connectivity index (χ3v) is 2.74. The summed E-state index contributed by atoms with van der Waals surface area (Å²) in [6, 6.07) is 0.280. The highest BCUT2D eigenvalue weighted by atomic mass is 16.5. The Balaban J connectivity index is 1.83. The maximum absolute atomic E-state index is 5.62. The zero-order chi connectivity index (χ0) is 13.0. The molecule has 0 radical (unpaired) electrons. The van der Waals surface area contributed by atoms with Gasteiger partial charge in [-0.1, -0.05) is 12.8 Å². The molecule has 0 spiro atoms. The molecular weight excluding hydrogens is 230 g/mol. The average Bonchev–Trinajstić information content (AvgIpc) is 3.06. The summed E-state index contributed by atoms with van der Waals surface area (Å²) in [5.41, 5.74) is 5.62. The predicted octanol–water partition coefficient (Wildman–Crippen LogP) is 1.84. The number of nitrogens with two attached hydrogens (primary N) is 1. The molecule has 100 valence electrons. The Labute approximate surface area is 107 Å². The van der Waals surface area contributed by atoms with Crippen LogP contribution in [0.15, 0.2) is 0 Å². The lowest BCUT2D eigenvalue weighted by Gasteiger charge is -2.09. The van der Waals surface area contributed by atoms with Crippen molar-refractivity contribution in [2.24, 2.45) is 5.92 Å². The number of aromatic nitrogens is 3. The highest BCUT2D eigenvalue weighted by Gasteiger charge is 2.20. The molecule has 1 heterocycles. The number of ether oxygens (including phenoxy) is 1. The van der Waals surface area contributed by atoms with Crippen LogP contribution in [0.3, 0.4) is 0 Å². The maximum Gasteiger partial charge on any atom is 0.323 e. The van der Waals surface area contributed by atoms with E-state index in [1.165, 1.54) is 19.3 Å². The number of nitrogen functional groups attached to an aromatic ring is 1. The molecule has 6 nitrogen and oxygen atoms in total. The Kier molecular flexibility index (Phi) is 4.17. The third kappa shape index (κ3) is 4.35. The molecule has 2 rings (SSSR count). The first-order valence-corrected chi connectivity index (χ1v) is 6.55.